The Morgan fingerprint density at radius 1 is 1.57 bits per heavy atom. The minimum absolute atomic E-state index is 0.0240. The van der Waals surface area contributed by atoms with E-state index in [1.165, 1.54) is 13.2 Å². The van der Waals surface area contributed by atoms with E-state index < -0.39 is 6.10 Å². The number of hydrogen-bond acceptors (Lipinski definition) is 4. The molecule has 0 aliphatic carbocycles. The van der Waals surface area contributed by atoms with E-state index in [1.54, 1.807) is 6.07 Å². The molecule has 0 heterocycles. The molecule has 0 spiro atoms. The number of rotatable bonds is 3. The second-order valence-electron chi connectivity index (χ2n) is 2.77. The molecule has 14 heavy (non-hydrogen) atoms. The maximum absolute atomic E-state index is 9.58. The van der Waals surface area contributed by atoms with Crippen molar-refractivity contribution in [1.29, 1.82) is 0 Å². The molecular formula is C9H12ClNO3. The van der Waals surface area contributed by atoms with Gasteiger partial charge in [0.05, 0.1) is 13.2 Å². The van der Waals surface area contributed by atoms with Crippen molar-refractivity contribution in [3.63, 3.8) is 0 Å². The zero-order chi connectivity index (χ0) is 10.7. The Labute approximate surface area is 86.9 Å². The smallest absolute Gasteiger partial charge is 0.143 e. The predicted octanol–water partition coefficient (Wildman–Crippen LogP) is 1.05. The quantitative estimate of drug-likeness (QED) is 0.707. The highest BCUT2D eigenvalue weighted by Gasteiger charge is 2.16. The minimum atomic E-state index is -0.918. The van der Waals surface area contributed by atoms with Crippen LogP contribution >= 0.6 is 11.6 Å². The third-order valence-electron chi connectivity index (χ3n) is 1.91. The second kappa shape index (κ2) is 4.50. The monoisotopic (exact) mass is 217 g/mol. The lowest BCUT2D eigenvalue weighted by Gasteiger charge is -2.13. The van der Waals surface area contributed by atoms with Gasteiger partial charge in [0.15, 0.2) is 0 Å². The summed E-state index contributed by atoms with van der Waals surface area (Å²) in [5, 5.41) is 19.1. The summed E-state index contributed by atoms with van der Waals surface area (Å²) < 4.78 is 4.89. The number of aliphatic hydroxyl groups excluding tert-OH is 1. The lowest BCUT2D eigenvalue weighted by atomic mass is 10.1. The second-order valence-corrected chi connectivity index (χ2v) is 3.15. The molecule has 4 N–H and O–H groups in total. The first kappa shape index (κ1) is 11.1. The van der Waals surface area contributed by atoms with Crippen LogP contribution in [0.1, 0.15) is 11.7 Å². The zero-order valence-corrected chi connectivity index (χ0v) is 8.45. The summed E-state index contributed by atoms with van der Waals surface area (Å²) in [7, 11) is 1.44. The summed E-state index contributed by atoms with van der Waals surface area (Å²) in [5.41, 5.74) is 5.56. The van der Waals surface area contributed by atoms with Crippen LogP contribution in [0.2, 0.25) is 5.02 Å². The summed E-state index contributed by atoms with van der Waals surface area (Å²) in [4.78, 5) is 0. The van der Waals surface area contributed by atoms with Gasteiger partial charge in [0.2, 0.25) is 0 Å². The highest BCUT2D eigenvalue weighted by Crippen LogP contribution is 2.38. The van der Waals surface area contributed by atoms with Gasteiger partial charge in [-0.25, -0.2) is 0 Å². The molecule has 0 radical (unpaired) electrons. The fourth-order valence-corrected chi connectivity index (χ4v) is 1.36. The first-order valence-electron chi connectivity index (χ1n) is 4.05. The van der Waals surface area contributed by atoms with Gasteiger partial charge in [-0.2, -0.15) is 0 Å². The van der Waals surface area contributed by atoms with Crippen LogP contribution in [0.3, 0.4) is 0 Å². The van der Waals surface area contributed by atoms with Gasteiger partial charge in [0.1, 0.15) is 16.5 Å². The molecule has 0 aliphatic heterocycles. The van der Waals surface area contributed by atoms with Crippen molar-refractivity contribution in [2.45, 2.75) is 6.10 Å². The average Bonchev–Trinajstić information content (AvgIpc) is 2.21. The van der Waals surface area contributed by atoms with E-state index in [-0.39, 0.29) is 17.3 Å². The fourth-order valence-electron chi connectivity index (χ4n) is 1.11. The van der Waals surface area contributed by atoms with Crippen LogP contribution < -0.4 is 10.5 Å². The van der Waals surface area contributed by atoms with Crippen LogP contribution in [0.5, 0.6) is 11.5 Å². The molecule has 1 aromatic rings. The number of phenols is 1. The number of phenolic OH excluding ortho intramolecular Hbond substituents is 1. The molecule has 1 unspecified atom stereocenters. The van der Waals surface area contributed by atoms with E-state index in [4.69, 9.17) is 22.1 Å². The topological polar surface area (TPSA) is 75.7 Å². The number of halogens is 1. The molecule has 78 valence electrons. The number of aliphatic hydroxyl groups is 1. The minimum Gasteiger partial charge on any atom is -0.506 e. The van der Waals surface area contributed by atoms with Gasteiger partial charge in [0.25, 0.3) is 0 Å². The normalized spacial score (nSPS) is 12.6. The number of methoxy groups -OCH3 is 1. The number of ether oxygens (including phenoxy) is 1. The molecule has 0 saturated heterocycles. The van der Waals surface area contributed by atoms with Crippen molar-refractivity contribution < 1.29 is 14.9 Å². The van der Waals surface area contributed by atoms with E-state index >= 15 is 0 Å². The van der Waals surface area contributed by atoms with E-state index in [1.807, 2.05) is 0 Å². The number of aromatic hydroxyl groups is 1. The van der Waals surface area contributed by atoms with E-state index in [2.05, 4.69) is 0 Å². The summed E-state index contributed by atoms with van der Waals surface area (Å²) >= 11 is 5.77. The molecule has 0 bridgehead atoms. The van der Waals surface area contributed by atoms with E-state index in [0.29, 0.717) is 11.3 Å². The lowest BCUT2D eigenvalue weighted by Crippen LogP contribution is -2.11. The van der Waals surface area contributed by atoms with Crippen LogP contribution in [0.4, 0.5) is 0 Å². The first-order chi connectivity index (χ1) is 6.61. The fraction of sp³-hybridized carbons (Fsp3) is 0.333. The van der Waals surface area contributed by atoms with Gasteiger partial charge in [0, 0.05) is 12.1 Å². The van der Waals surface area contributed by atoms with E-state index in [9.17, 15) is 10.2 Å². The molecule has 0 aliphatic rings. The number of nitrogens with two attached hydrogens (primary N) is 1. The Hall–Kier alpha value is -0.970. The van der Waals surface area contributed by atoms with Gasteiger partial charge >= 0.3 is 0 Å². The SMILES string of the molecule is COc1ccc(C(O)CN)c(O)c1Cl. The van der Waals surface area contributed by atoms with Gasteiger partial charge < -0.3 is 20.7 Å². The molecule has 1 atom stereocenters. The van der Waals surface area contributed by atoms with Gasteiger partial charge in [-0.3, -0.25) is 0 Å². The Bertz CT molecular complexity index is 330. The molecule has 1 rings (SSSR count). The largest absolute Gasteiger partial charge is 0.506 e. The molecular weight excluding hydrogens is 206 g/mol. The Balaban J connectivity index is 3.17. The molecule has 5 heteroatoms. The molecule has 0 aromatic heterocycles. The Kier molecular flexibility index (Phi) is 3.57. The molecule has 0 amide bonds. The van der Waals surface area contributed by atoms with Gasteiger partial charge in [-0.15, -0.1) is 0 Å². The summed E-state index contributed by atoms with van der Waals surface area (Å²) in [6.45, 7) is 0.0240. The Morgan fingerprint density at radius 2 is 2.21 bits per heavy atom. The maximum atomic E-state index is 9.58. The first-order valence-corrected chi connectivity index (χ1v) is 4.43. The molecule has 4 nitrogen and oxygen atoms in total. The third kappa shape index (κ3) is 1.92. The van der Waals surface area contributed by atoms with E-state index in [0.717, 1.165) is 0 Å². The Morgan fingerprint density at radius 3 is 2.71 bits per heavy atom. The highest BCUT2D eigenvalue weighted by molar-refractivity contribution is 6.33. The summed E-state index contributed by atoms with van der Waals surface area (Å²) in [6, 6.07) is 3.09. The standard InChI is InChI=1S/C9H12ClNO3/c1-14-7-3-2-5(6(12)4-11)9(13)8(7)10/h2-3,6,12-13H,4,11H2,1H3. The maximum Gasteiger partial charge on any atom is 0.143 e. The predicted molar refractivity (Wildman–Crippen MR) is 53.7 cm³/mol. The van der Waals surface area contributed by atoms with Crippen LogP contribution in [0.15, 0.2) is 12.1 Å². The molecule has 0 saturated carbocycles. The van der Waals surface area contributed by atoms with Crippen molar-refractivity contribution >= 4 is 11.6 Å². The van der Waals surface area contributed by atoms with Crippen molar-refractivity contribution in [2.75, 3.05) is 13.7 Å². The average molecular weight is 218 g/mol. The van der Waals surface area contributed by atoms with Crippen LogP contribution in [0.25, 0.3) is 0 Å². The van der Waals surface area contributed by atoms with Crippen LogP contribution in [0, 0.1) is 0 Å². The third-order valence-corrected chi connectivity index (χ3v) is 2.28. The number of benzene rings is 1. The van der Waals surface area contributed by atoms with Crippen molar-refractivity contribution in [2.24, 2.45) is 5.73 Å². The summed E-state index contributed by atoms with van der Waals surface area (Å²) in [5.74, 6) is 0.168. The highest BCUT2D eigenvalue weighted by atomic mass is 35.5. The van der Waals surface area contributed by atoms with Crippen molar-refractivity contribution in [3.8, 4) is 11.5 Å². The van der Waals surface area contributed by atoms with Crippen LogP contribution in [-0.2, 0) is 0 Å². The van der Waals surface area contributed by atoms with Crippen molar-refractivity contribution in [3.05, 3.63) is 22.7 Å². The molecule has 0 fully saturated rings. The van der Waals surface area contributed by atoms with Crippen LogP contribution in [-0.4, -0.2) is 23.9 Å². The lowest BCUT2D eigenvalue weighted by molar-refractivity contribution is 0.182. The summed E-state index contributed by atoms with van der Waals surface area (Å²) in [6.07, 6.45) is -0.918. The van der Waals surface area contributed by atoms with Gasteiger partial charge in [-0.05, 0) is 12.1 Å². The van der Waals surface area contributed by atoms with Crippen molar-refractivity contribution in [1.82, 2.24) is 0 Å². The zero-order valence-electron chi connectivity index (χ0n) is 7.70. The molecule has 1 aromatic carbocycles. The van der Waals surface area contributed by atoms with Gasteiger partial charge in [-0.1, -0.05) is 11.6 Å². The number of hydrogen-bond donors (Lipinski definition) is 3.